The first-order valence-electron chi connectivity index (χ1n) is 8.77. The predicted molar refractivity (Wildman–Crippen MR) is 94.1 cm³/mol. The van der Waals surface area contributed by atoms with Crippen molar-refractivity contribution in [2.24, 2.45) is 0 Å². The van der Waals surface area contributed by atoms with E-state index in [4.69, 9.17) is 4.52 Å². The number of nitrogens with one attached hydrogen (secondary N) is 1. The van der Waals surface area contributed by atoms with Gasteiger partial charge < -0.3 is 9.09 Å². The van der Waals surface area contributed by atoms with Crippen LogP contribution in [0.1, 0.15) is 25.4 Å². The number of nitrogens with zero attached hydrogens (tertiary/aromatic N) is 5. The molecule has 136 valence electrons. The monoisotopic (exact) mass is 346 g/mol. The molecule has 1 fully saturated rings. The van der Waals surface area contributed by atoms with Crippen molar-refractivity contribution in [3.63, 3.8) is 0 Å². The highest BCUT2D eigenvalue weighted by Crippen LogP contribution is 2.13. The van der Waals surface area contributed by atoms with Crippen molar-refractivity contribution < 1.29 is 9.32 Å². The first-order chi connectivity index (χ1) is 12.1. The molecule has 1 N–H and O–H groups in total. The second-order valence-electron chi connectivity index (χ2n) is 6.44. The smallest absolute Gasteiger partial charge is 0.243 e. The van der Waals surface area contributed by atoms with Crippen molar-refractivity contribution in [1.82, 2.24) is 24.5 Å². The van der Waals surface area contributed by atoms with Crippen LogP contribution in [0.3, 0.4) is 0 Å². The third-order valence-corrected chi connectivity index (χ3v) is 4.72. The Morgan fingerprint density at radius 3 is 2.76 bits per heavy atom. The number of rotatable bonds is 6. The van der Waals surface area contributed by atoms with Crippen LogP contribution in [0.15, 0.2) is 23.0 Å². The van der Waals surface area contributed by atoms with Crippen molar-refractivity contribution >= 4 is 11.8 Å². The summed E-state index contributed by atoms with van der Waals surface area (Å²) in [6.07, 6.45) is 3.87. The quantitative estimate of drug-likeness (QED) is 0.850. The van der Waals surface area contributed by atoms with Gasteiger partial charge in [0.05, 0.1) is 18.3 Å². The van der Waals surface area contributed by atoms with Crippen LogP contribution >= 0.6 is 0 Å². The largest absolute Gasteiger partial charge is 0.338 e. The summed E-state index contributed by atoms with van der Waals surface area (Å²) in [5.74, 6) is 1.44. The Morgan fingerprint density at radius 2 is 2.12 bits per heavy atom. The van der Waals surface area contributed by atoms with Gasteiger partial charge in [-0.3, -0.25) is 19.9 Å². The van der Waals surface area contributed by atoms with Gasteiger partial charge in [0.2, 0.25) is 11.8 Å². The molecular formula is C17H26N6O2. The van der Waals surface area contributed by atoms with E-state index in [0.29, 0.717) is 5.88 Å². The van der Waals surface area contributed by atoms with E-state index in [9.17, 15) is 4.79 Å². The normalized spacial score (nSPS) is 17.6. The van der Waals surface area contributed by atoms with Crippen LogP contribution in [0, 0.1) is 6.92 Å². The summed E-state index contributed by atoms with van der Waals surface area (Å²) in [4.78, 5) is 21.4. The summed E-state index contributed by atoms with van der Waals surface area (Å²) in [6.45, 7) is 11.2. The first-order valence-corrected chi connectivity index (χ1v) is 8.77. The number of carbonyl (C=O) groups is 1. The molecule has 8 nitrogen and oxygen atoms in total. The van der Waals surface area contributed by atoms with Crippen LogP contribution < -0.4 is 5.32 Å². The SMILES string of the molecule is CCn1ccnc1CN1CCN([C@H](C)C(=O)Nc2cc(C)no2)CC1. The average Bonchev–Trinajstić information content (AvgIpc) is 3.23. The molecule has 25 heavy (non-hydrogen) atoms. The van der Waals surface area contributed by atoms with Gasteiger partial charge in [0.1, 0.15) is 5.82 Å². The molecule has 3 rings (SSSR count). The van der Waals surface area contributed by atoms with Gasteiger partial charge in [0.15, 0.2) is 0 Å². The number of anilines is 1. The van der Waals surface area contributed by atoms with Crippen LogP contribution in [0.5, 0.6) is 0 Å². The van der Waals surface area contributed by atoms with E-state index in [1.807, 2.05) is 26.2 Å². The van der Waals surface area contributed by atoms with Gasteiger partial charge in [0.25, 0.3) is 0 Å². The van der Waals surface area contributed by atoms with E-state index < -0.39 is 0 Å². The number of amides is 1. The third kappa shape index (κ3) is 4.26. The fourth-order valence-corrected chi connectivity index (χ4v) is 3.10. The minimum Gasteiger partial charge on any atom is -0.338 e. The number of aromatic nitrogens is 3. The molecule has 1 aliphatic heterocycles. The van der Waals surface area contributed by atoms with Gasteiger partial charge in [-0.25, -0.2) is 4.98 Å². The zero-order valence-corrected chi connectivity index (χ0v) is 15.1. The summed E-state index contributed by atoms with van der Waals surface area (Å²) >= 11 is 0. The van der Waals surface area contributed by atoms with E-state index in [1.165, 1.54) is 0 Å². The van der Waals surface area contributed by atoms with E-state index in [1.54, 1.807) is 6.07 Å². The molecule has 8 heteroatoms. The lowest BCUT2D eigenvalue weighted by molar-refractivity contribution is -0.121. The second kappa shape index (κ2) is 7.79. The van der Waals surface area contributed by atoms with Crippen LogP contribution in [0.2, 0.25) is 0 Å². The standard InChI is InChI=1S/C17H26N6O2/c1-4-22-6-5-18-15(22)12-21-7-9-23(10-8-21)14(3)17(24)19-16-11-13(2)20-25-16/h5-6,11,14H,4,7-10,12H2,1-3H3,(H,19,24)/t14-/m1/s1. The van der Waals surface area contributed by atoms with E-state index in [-0.39, 0.29) is 11.9 Å². The Balaban J connectivity index is 1.48. The van der Waals surface area contributed by atoms with Crippen molar-refractivity contribution in [3.05, 3.63) is 30.0 Å². The highest BCUT2D eigenvalue weighted by Gasteiger charge is 2.26. The molecule has 2 aromatic heterocycles. The predicted octanol–water partition coefficient (Wildman–Crippen LogP) is 1.34. The van der Waals surface area contributed by atoms with E-state index in [0.717, 1.165) is 50.8 Å². The van der Waals surface area contributed by atoms with Crippen molar-refractivity contribution in [3.8, 4) is 0 Å². The number of hydrogen-bond acceptors (Lipinski definition) is 6. The maximum Gasteiger partial charge on any atom is 0.243 e. The van der Waals surface area contributed by atoms with Crippen molar-refractivity contribution in [2.75, 3.05) is 31.5 Å². The van der Waals surface area contributed by atoms with E-state index >= 15 is 0 Å². The van der Waals surface area contributed by atoms with Gasteiger partial charge in [0, 0.05) is 51.2 Å². The fraction of sp³-hybridized carbons (Fsp3) is 0.588. The second-order valence-corrected chi connectivity index (χ2v) is 6.44. The summed E-state index contributed by atoms with van der Waals surface area (Å²) < 4.78 is 7.22. The Labute approximate surface area is 147 Å². The Bertz CT molecular complexity index is 702. The number of aryl methyl sites for hydroxylation is 2. The molecular weight excluding hydrogens is 320 g/mol. The zero-order chi connectivity index (χ0) is 17.8. The topological polar surface area (TPSA) is 79.4 Å². The molecule has 0 saturated carbocycles. The molecule has 1 aliphatic rings. The molecule has 0 radical (unpaired) electrons. The maximum atomic E-state index is 12.4. The van der Waals surface area contributed by atoms with Crippen LogP contribution in [-0.4, -0.2) is 62.6 Å². The molecule has 0 aliphatic carbocycles. The summed E-state index contributed by atoms with van der Waals surface area (Å²) in [5.41, 5.74) is 0.752. The van der Waals surface area contributed by atoms with Crippen molar-refractivity contribution in [1.29, 1.82) is 0 Å². The van der Waals surface area contributed by atoms with Crippen LogP contribution in [0.25, 0.3) is 0 Å². The maximum absolute atomic E-state index is 12.4. The van der Waals surface area contributed by atoms with Gasteiger partial charge in [-0.1, -0.05) is 5.16 Å². The van der Waals surface area contributed by atoms with Crippen molar-refractivity contribution in [2.45, 2.75) is 39.9 Å². The van der Waals surface area contributed by atoms with Gasteiger partial charge in [-0.05, 0) is 20.8 Å². The number of piperazine rings is 1. The molecule has 0 bridgehead atoms. The molecule has 2 aromatic rings. The molecule has 0 unspecified atom stereocenters. The third-order valence-electron chi connectivity index (χ3n) is 4.72. The van der Waals surface area contributed by atoms with E-state index in [2.05, 4.69) is 36.7 Å². The Morgan fingerprint density at radius 1 is 1.36 bits per heavy atom. The lowest BCUT2D eigenvalue weighted by Gasteiger charge is -2.37. The highest BCUT2D eigenvalue weighted by atomic mass is 16.5. The fourth-order valence-electron chi connectivity index (χ4n) is 3.10. The van der Waals surface area contributed by atoms with Gasteiger partial charge >= 0.3 is 0 Å². The summed E-state index contributed by atoms with van der Waals surface area (Å²) in [6, 6.07) is 1.52. The lowest BCUT2D eigenvalue weighted by Crippen LogP contribution is -2.52. The number of imidazole rings is 1. The van der Waals surface area contributed by atoms with Gasteiger partial charge in [-0.2, -0.15) is 0 Å². The highest BCUT2D eigenvalue weighted by molar-refractivity contribution is 5.93. The molecule has 1 atom stereocenters. The number of carbonyl (C=O) groups excluding carboxylic acids is 1. The average molecular weight is 346 g/mol. The summed E-state index contributed by atoms with van der Waals surface area (Å²) in [7, 11) is 0. The minimum absolute atomic E-state index is 0.0638. The Kier molecular flexibility index (Phi) is 5.50. The molecule has 0 spiro atoms. The summed E-state index contributed by atoms with van der Waals surface area (Å²) in [5, 5.41) is 6.57. The molecule has 1 saturated heterocycles. The zero-order valence-electron chi connectivity index (χ0n) is 15.1. The molecule has 0 aromatic carbocycles. The lowest BCUT2D eigenvalue weighted by atomic mass is 10.2. The first kappa shape index (κ1) is 17.6. The molecule has 3 heterocycles. The number of hydrogen-bond donors (Lipinski definition) is 1. The Hall–Kier alpha value is -2.19. The van der Waals surface area contributed by atoms with Crippen LogP contribution in [0.4, 0.5) is 5.88 Å². The van der Waals surface area contributed by atoms with Crippen LogP contribution in [-0.2, 0) is 17.9 Å². The molecule has 1 amide bonds. The van der Waals surface area contributed by atoms with Gasteiger partial charge in [-0.15, -0.1) is 0 Å². The minimum atomic E-state index is -0.204.